The van der Waals surface area contributed by atoms with E-state index in [2.05, 4.69) is 33.2 Å². The molecule has 0 saturated heterocycles. The molecule has 148 valence electrons. The fourth-order valence-corrected chi connectivity index (χ4v) is 4.54. The topological polar surface area (TPSA) is 63.9 Å². The summed E-state index contributed by atoms with van der Waals surface area (Å²) in [5.41, 5.74) is 2.82. The Bertz CT molecular complexity index is 1340. The maximum Gasteiger partial charge on any atom is 0.234 e. The lowest BCUT2D eigenvalue weighted by molar-refractivity contribution is 0.0910. The number of hydrogen-bond acceptors (Lipinski definition) is 6. The quantitative estimate of drug-likeness (QED) is 0.411. The van der Waals surface area contributed by atoms with Crippen LogP contribution in [0, 0.1) is 0 Å². The lowest BCUT2D eigenvalue weighted by atomic mass is 10.2. The van der Waals surface area contributed by atoms with Crippen LogP contribution in [0.2, 0.25) is 0 Å². The minimum absolute atomic E-state index is 0.0103. The van der Waals surface area contributed by atoms with Crippen molar-refractivity contribution in [3.8, 4) is 10.4 Å². The third kappa shape index (κ3) is 3.33. The van der Waals surface area contributed by atoms with Gasteiger partial charge in [-0.15, -0.1) is 11.3 Å². The second-order valence-electron chi connectivity index (χ2n) is 7.06. The number of thiophene rings is 1. The summed E-state index contributed by atoms with van der Waals surface area (Å²) >= 11 is 1.65. The number of nitrogens with zero attached hydrogens (tertiary/aromatic N) is 5. The molecule has 0 radical (unpaired) electrons. The van der Waals surface area contributed by atoms with Crippen molar-refractivity contribution in [3.63, 3.8) is 0 Å². The van der Waals surface area contributed by atoms with E-state index in [-0.39, 0.29) is 5.91 Å². The number of para-hydroxylation sites is 2. The first kappa shape index (κ1) is 18.4. The summed E-state index contributed by atoms with van der Waals surface area (Å²) in [6.07, 6.45) is 3.55. The molecule has 5 aromatic rings. The van der Waals surface area contributed by atoms with Crippen LogP contribution in [-0.4, -0.2) is 39.0 Å². The van der Waals surface area contributed by atoms with Crippen LogP contribution in [0.1, 0.15) is 11.2 Å². The van der Waals surface area contributed by atoms with Crippen LogP contribution in [0.5, 0.6) is 0 Å². The summed E-state index contributed by atoms with van der Waals surface area (Å²) in [5, 5.41) is 1.00. The molecule has 2 aromatic carbocycles. The molecule has 5 rings (SSSR count). The molecule has 0 bridgehead atoms. The van der Waals surface area contributed by atoms with Gasteiger partial charge in [-0.2, -0.15) is 0 Å². The van der Waals surface area contributed by atoms with Crippen LogP contribution >= 0.6 is 11.3 Å². The van der Waals surface area contributed by atoms with Crippen molar-refractivity contribution >= 4 is 44.3 Å². The van der Waals surface area contributed by atoms with Crippen LogP contribution in [0.4, 0.5) is 5.82 Å². The number of anilines is 1. The van der Waals surface area contributed by atoms with Crippen molar-refractivity contribution in [3.05, 3.63) is 73.3 Å². The number of hydrogen-bond donors (Lipinski definition) is 0. The number of carbonyl (C=O) groups is 1. The number of aromatic nitrogens is 4. The fourth-order valence-electron chi connectivity index (χ4n) is 3.54. The molecule has 0 aliphatic rings. The largest absolute Gasteiger partial charge is 0.359 e. The van der Waals surface area contributed by atoms with E-state index >= 15 is 0 Å². The van der Waals surface area contributed by atoms with Gasteiger partial charge in [-0.25, -0.2) is 15.0 Å². The molecule has 0 N–H and O–H groups in total. The third-order valence-electron chi connectivity index (χ3n) is 5.11. The number of imidazole rings is 1. The summed E-state index contributed by atoms with van der Waals surface area (Å²) < 4.78 is 1.62. The normalized spacial score (nSPS) is 11.2. The molecule has 7 heteroatoms. The monoisotopic (exact) mass is 413 g/mol. The second-order valence-corrected chi connectivity index (χ2v) is 8.09. The van der Waals surface area contributed by atoms with Gasteiger partial charge >= 0.3 is 0 Å². The predicted octanol–water partition coefficient (Wildman–Crippen LogP) is 4.87. The van der Waals surface area contributed by atoms with E-state index in [1.807, 2.05) is 54.4 Å². The van der Waals surface area contributed by atoms with Crippen molar-refractivity contribution in [1.29, 1.82) is 0 Å². The number of benzene rings is 2. The third-order valence-corrected chi connectivity index (χ3v) is 6.20. The van der Waals surface area contributed by atoms with Gasteiger partial charge in [0.2, 0.25) is 5.91 Å². The SMILES string of the molecule is CN(CCC(=O)n1cnc2ccccc21)c1ncnc2sc(-c3ccccc3)cc12. The van der Waals surface area contributed by atoms with Gasteiger partial charge in [0.25, 0.3) is 0 Å². The Morgan fingerprint density at radius 3 is 2.70 bits per heavy atom. The van der Waals surface area contributed by atoms with Crippen LogP contribution < -0.4 is 4.90 Å². The maximum atomic E-state index is 12.8. The molecule has 0 saturated carbocycles. The molecule has 6 nitrogen and oxygen atoms in total. The van der Waals surface area contributed by atoms with Crippen LogP contribution in [0.15, 0.2) is 73.3 Å². The van der Waals surface area contributed by atoms with Gasteiger partial charge in [-0.05, 0) is 23.8 Å². The Morgan fingerprint density at radius 1 is 1.03 bits per heavy atom. The Kier molecular flexibility index (Phi) is 4.72. The first-order valence-corrected chi connectivity index (χ1v) is 10.5. The van der Waals surface area contributed by atoms with Gasteiger partial charge in [0, 0.05) is 24.9 Å². The first-order chi connectivity index (χ1) is 14.7. The minimum atomic E-state index is 0.0103. The maximum absolute atomic E-state index is 12.8. The molecule has 3 heterocycles. The molecule has 0 aliphatic carbocycles. The van der Waals surface area contributed by atoms with E-state index in [0.717, 1.165) is 37.5 Å². The molecule has 0 spiro atoms. The average molecular weight is 414 g/mol. The van der Waals surface area contributed by atoms with Gasteiger partial charge < -0.3 is 4.90 Å². The van der Waals surface area contributed by atoms with E-state index in [0.29, 0.717) is 13.0 Å². The first-order valence-electron chi connectivity index (χ1n) is 9.67. The molecular formula is C23H19N5OS. The smallest absolute Gasteiger partial charge is 0.234 e. The molecular weight excluding hydrogens is 394 g/mol. The Labute approximate surface area is 177 Å². The van der Waals surface area contributed by atoms with Crippen molar-refractivity contribution < 1.29 is 4.79 Å². The van der Waals surface area contributed by atoms with Gasteiger partial charge in [-0.3, -0.25) is 9.36 Å². The zero-order chi connectivity index (χ0) is 20.5. The fraction of sp³-hybridized carbons (Fsp3) is 0.130. The average Bonchev–Trinajstić information content (AvgIpc) is 3.42. The summed E-state index contributed by atoms with van der Waals surface area (Å²) in [6.45, 7) is 0.550. The summed E-state index contributed by atoms with van der Waals surface area (Å²) in [4.78, 5) is 30.1. The summed E-state index contributed by atoms with van der Waals surface area (Å²) in [6, 6.07) is 20.0. The molecule has 0 fully saturated rings. The van der Waals surface area contributed by atoms with Gasteiger partial charge in [0.05, 0.1) is 16.4 Å². The molecule has 0 atom stereocenters. The van der Waals surface area contributed by atoms with Crippen molar-refractivity contribution in [1.82, 2.24) is 19.5 Å². The van der Waals surface area contributed by atoms with E-state index < -0.39 is 0 Å². The summed E-state index contributed by atoms with van der Waals surface area (Å²) in [7, 11) is 1.96. The van der Waals surface area contributed by atoms with Crippen LogP contribution in [0.3, 0.4) is 0 Å². The van der Waals surface area contributed by atoms with E-state index in [4.69, 9.17) is 0 Å². The van der Waals surface area contributed by atoms with Crippen molar-refractivity contribution in [2.24, 2.45) is 0 Å². The zero-order valence-electron chi connectivity index (χ0n) is 16.4. The minimum Gasteiger partial charge on any atom is -0.359 e. The van der Waals surface area contributed by atoms with Gasteiger partial charge in [0.1, 0.15) is 23.3 Å². The van der Waals surface area contributed by atoms with Crippen molar-refractivity contribution in [2.45, 2.75) is 6.42 Å². The number of carbonyl (C=O) groups excluding carboxylic acids is 1. The zero-order valence-corrected chi connectivity index (χ0v) is 17.2. The van der Waals surface area contributed by atoms with E-state index in [1.54, 1.807) is 28.6 Å². The lowest BCUT2D eigenvalue weighted by Crippen LogP contribution is -2.24. The predicted molar refractivity (Wildman–Crippen MR) is 121 cm³/mol. The highest BCUT2D eigenvalue weighted by molar-refractivity contribution is 7.21. The highest BCUT2D eigenvalue weighted by atomic mass is 32.1. The highest BCUT2D eigenvalue weighted by Gasteiger charge is 2.15. The number of rotatable bonds is 5. The Morgan fingerprint density at radius 2 is 1.83 bits per heavy atom. The van der Waals surface area contributed by atoms with Crippen LogP contribution in [0.25, 0.3) is 31.7 Å². The van der Waals surface area contributed by atoms with E-state index in [1.165, 1.54) is 0 Å². The lowest BCUT2D eigenvalue weighted by Gasteiger charge is -2.18. The molecule has 30 heavy (non-hydrogen) atoms. The molecule has 3 aromatic heterocycles. The van der Waals surface area contributed by atoms with Crippen molar-refractivity contribution in [2.75, 3.05) is 18.5 Å². The number of fused-ring (bicyclic) bond motifs is 2. The van der Waals surface area contributed by atoms with E-state index in [9.17, 15) is 4.79 Å². The Hall–Kier alpha value is -3.58. The van der Waals surface area contributed by atoms with Gasteiger partial charge in [0.15, 0.2) is 0 Å². The highest BCUT2D eigenvalue weighted by Crippen LogP contribution is 2.35. The summed E-state index contributed by atoms with van der Waals surface area (Å²) in [5.74, 6) is 0.845. The standard InChI is InChI=1S/C23H19N5OS/c1-27(12-11-21(29)28-15-26-18-9-5-6-10-19(18)28)22-17-13-20(16-7-3-2-4-8-16)30-23(17)25-14-24-22/h2-10,13-15H,11-12H2,1H3. The molecule has 0 amide bonds. The Balaban J connectivity index is 1.37. The molecule has 0 unspecified atom stereocenters. The van der Waals surface area contributed by atoms with Crippen LogP contribution in [-0.2, 0) is 0 Å². The molecule has 0 aliphatic heterocycles. The van der Waals surface area contributed by atoms with Gasteiger partial charge in [-0.1, -0.05) is 42.5 Å². The second kappa shape index (κ2) is 7.68.